The molecule has 6 N–H and O–H groups in total. The zero-order valence-electron chi connectivity index (χ0n) is 40.4. The standard InChI is InChI=1S/C47H68N8O11/c1-42(2,3)63-38(58)52-36(53-39(59)64-43(4,5)6)48-27-28-62-33-19-17-32(18-20-33)51-35(57)47-24-21-46(22-25-47,23-26-47)34(56)50-31-15-13-30(14-16-31)29-49-37(54-40(60)65-44(7,8)9)55-41(61)66-45(10,11)12/h13-20H,21-29H2,1-12H3,(H,50,56)(H,51,57)(H2,48,52,53,58,59)(H2,49,54,55,60,61). The first-order valence-corrected chi connectivity index (χ1v) is 22.1. The molecular weight excluding hydrogens is 853 g/mol. The van der Waals surface area contributed by atoms with Gasteiger partial charge in [0.05, 0.1) is 6.54 Å². The van der Waals surface area contributed by atoms with Crippen LogP contribution in [0.2, 0.25) is 0 Å². The maximum absolute atomic E-state index is 13.8. The van der Waals surface area contributed by atoms with E-state index < -0.39 is 57.6 Å². The van der Waals surface area contributed by atoms with Gasteiger partial charge in [0.1, 0.15) is 34.8 Å². The lowest BCUT2D eigenvalue weighted by atomic mass is 9.53. The number of amides is 6. The van der Waals surface area contributed by atoms with Crippen molar-refractivity contribution in [2.24, 2.45) is 20.8 Å². The van der Waals surface area contributed by atoms with Crippen LogP contribution in [-0.2, 0) is 35.1 Å². The quantitative estimate of drug-likeness (QED) is 0.0569. The molecule has 362 valence electrons. The number of fused-ring (bicyclic) bond motifs is 3. The second kappa shape index (κ2) is 21.3. The van der Waals surface area contributed by atoms with Gasteiger partial charge in [-0.2, -0.15) is 0 Å². The zero-order valence-corrected chi connectivity index (χ0v) is 40.4. The minimum atomic E-state index is -0.893. The third-order valence-corrected chi connectivity index (χ3v) is 10.1. The van der Waals surface area contributed by atoms with Crippen LogP contribution >= 0.6 is 0 Å². The lowest BCUT2D eigenvalue weighted by Gasteiger charge is -2.51. The van der Waals surface area contributed by atoms with Gasteiger partial charge in [0.25, 0.3) is 0 Å². The number of hydrogen-bond acceptors (Lipinski definition) is 11. The van der Waals surface area contributed by atoms with Crippen LogP contribution in [0.25, 0.3) is 0 Å². The van der Waals surface area contributed by atoms with Crippen molar-refractivity contribution < 1.29 is 52.5 Å². The molecule has 0 saturated heterocycles. The maximum Gasteiger partial charge on any atom is 0.437 e. The van der Waals surface area contributed by atoms with Gasteiger partial charge in [-0.1, -0.05) is 12.1 Å². The van der Waals surface area contributed by atoms with Crippen molar-refractivity contribution in [1.82, 2.24) is 21.3 Å². The molecule has 3 saturated carbocycles. The van der Waals surface area contributed by atoms with Gasteiger partial charge in [0, 0.05) is 28.7 Å². The predicted molar refractivity (Wildman–Crippen MR) is 249 cm³/mol. The van der Waals surface area contributed by atoms with Crippen LogP contribution in [0.1, 0.15) is 127 Å². The molecule has 6 amide bonds. The number of benzene rings is 2. The number of nitrogens with one attached hydrogen (secondary N) is 6. The summed E-state index contributed by atoms with van der Waals surface area (Å²) in [5.74, 6) is 0.0803. The van der Waals surface area contributed by atoms with Crippen LogP contribution < -0.4 is 36.6 Å². The topological polar surface area (TPSA) is 245 Å². The highest BCUT2D eigenvalue weighted by molar-refractivity contribution is 6.00. The molecule has 0 atom stereocenters. The second-order valence-electron chi connectivity index (χ2n) is 20.5. The minimum Gasteiger partial charge on any atom is -0.492 e. The molecule has 0 aromatic heterocycles. The molecule has 2 aromatic carbocycles. The van der Waals surface area contributed by atoms with Crippen molar-refractivity contribution >= 4 is 59.5 Å². The van der Waals surface area contributed by atoms with E-state index in [2.05, 4.69) is 41.9 Å². The van der Waals surface area contributed by atoms with Crippen LogP contribution in [0.4, 0.5) is 30.6 Å². The highest BCUT2D eigenvalue weighted by Gasteiger charge is 2.55. The van der Waals surface area contributed by atoms with Crippen molar-refractivity contribution in [3.05, 3.63) is 54.1 Å². The molecule has 3 aliphatic carbocycles. The number of anilines is 2. The molecule has 2 aromatic rings. The number of guanidine groups is 2. The average molecular weight is 921 g/mol. The monoisotopic (exact) mass is 921 g/mol. The molecule has 19 nitrogen and oxygen atoms in total. The minimum absolute atomic E-state index is 0.0758. The summed E-state index contributed by atoms with van der Waals surface area (Å²) < 4.78 is 26.9. The molecule has 66 heavy (non-hydrogen) atoms. The first kappa shape index (κ1) is 52.2. The Morgan fingerprint density at radius 3 is 1.26 bits per heavy atom. The highest BCUT2D eigenvalue weighted by atomic mass is 16.6. The summed E-state index contributed by atoms with van der Waals surface area (Å²) in [6.07, 6.45) is 0.109. The van der Waals surface area contributed by atoms with Gasteiger partial charge in [-0.05, 0) is 164 Å². The van der Waals surface area contributed by atoms with E-state index in [4.69, 9.17) is 23.7 Å². The number of rotatable bonds is 10. The first-order valence-electron chi connectivity index (χ1n) is 22.1. The van der Waals surface area contributed by atoms with Crippen LogP contribution in [-0.4, -0.2) is 83.7 Å². The summed E-state index contributed by atoms with van der Waals surface area (Å²) >= 11 is 0. The lowest BCUT2D eigenvalue weighted by Crippen LogP contribution is -2.52. The van der Waals surface area contributed by atoms with Crippen LogP contribution in [0.15, 0.2) is 58.5 Å². The summed E-state index contributed by atoms with van der Waals surface area (Å²) in [6, 6.07) is 14.1. The molecular formula is C47H68N8O11. The van der Waals surface area contributed by atoms with Crippen LogP contribution in [0.3, 0.4) is 0 Å². The number of hydrogen-bond donors (Lipinski definition) is 6. The Bertz CT molecular complexity index is 2100. The van der Waals surface area contributed by atoms with Crippen molar-refractivity contribution in [3.8, 4) is 5.75 Å². The molecule has 19 heteroatoms. The van der Waals surface area contributed by atoms with Gasteiger partial charge < -0.3 is 45.0 Å². The first-order chi connectivity index (χ1) is 30.5. The largest absolute Gasteiger partial charge is 0.492 e. The lowest BCUT2D eigenvalue weighted by molar-refractivity contribution is -0.144. The van der Waals surface area contributed by atoms with Crippen molar-refractivity contribution in [2.75, 3.05) is 23.8 Å². The van der Waals surface area contributed by atoms with Crippen LogP contribution in [0, 0.1) is 10.8 Å². The van der Waals surface area contributed by atoms with E-state index in [1.807, 2.05) is 12.1 Å². The number of ether oxygens (including phenoxy) is 5. The number of carbonyl (C=O) groups is 6. The SMILES string of the molecule is CC(C)(C)OC(=O)/N=C(/NCCOc1ccc(NC(=O)C23CCC(C(=O)Nc4ccc(CN/C(=N/C(=O)OC(C)(C)C)NC(=O)OC(C)(C)C)cc4)(CC2)CC3)cc1)NC(=O)OC(C)(C)C. The number of nitrogens with zero attached hydrogens (tertiary/aromatic N) is 2. The fourth-order valence-electron chi connectivity index (χ4n) is 7.03. The van der Waals surface area contributed by atoms with E-state index >= 15 is 0 Å². The van der Waals surface area contributed by atoms with E-state index in [9.17, 15) is 28.8 Å². The second-order valence-corrected chi connectivity index (χ2v) is 20.5. The molecule has 5 rings (SSSR count). The Balaban J connectivity index is 1.25. The summed E-state index contributed by atoms with van der Waals surface area (Å²) in [4.78, 5) is 84.7. The molecule has 0 heterocycles. The van der Waals surface area contributed by atoms with Gasteiger partial charge in [0.15, 0.2) is 0 Å². The van der Waals surface area contributed by atoms with E-state index in [-0.39, 0.29) is 43.4 Å². The van der Waals surface area contributed by atoms with Crippen molar-refractivity contribution in [1.29, 1.82) is 0 Å². The zero-order chi connectivity index (χ0) is 49.1. The molecule has 3 aliphatic rings. The predicted octanol–water partition coefficient (Wildman–Crippen LogP) is 8.29. The summed E-state index contributed by atoms with van der Waals surface area (Å²) in [7, 11) is 0. The van der Waals surface area contributed by atoms with Crippen molar-refractivity contribution in [3.63, 3.8) is 0 Å². The molecule has 0 aliphatic heterocycles. The normalized spacial score (nSPS) is 18.8. The van der Waals surface area contributed by atoms with Gasteiger partial charge >= 0.3 is 24.4 Å². The number of carbonyl (C=O) groups excluding carboxylic acids is 6. The molecule has 2 bridgehead atoms. The smallest absolute Gasteiger partial charge is 0.437 e. The van der Waals surface area contributed by atoms with Crippen LogP contribution in [0.5, 0.6) is 5.75 Å². The number of aliphatic imine (C=N–C) groups is 2. The molecule has 0 radical (unpaired) electrons. The third-order valence-electron chi connectivity index (χ3n) is 10.1. The fourth-order valence-corrected chi connectivity index (χ4v) is 7.03. The average Bonchev–Trinajstić information content (AvgIpc) is 3.17. The molecule has 0 unspecified atom stereocenters. The van der Waals surface area contributed by atoms with Gasteiger partial charge in [-0.3, -0.25) is 20.2 Å². The Morgan fingerprint density at radius 1 is 0.515 bits per heavy atom. The Morgan fingerprint density at radius 2 is 0.879 bits per heavy atom. The summed E-state index contributed by atoms with van der Waals surface area (Å²) in [6.45, 7) is 21.0. The molecule has 3 fully saturated rings. The van der Waals surface area contributed by atoms with E-state index in [1.54, 1.807) is 119 Å². The van der Waals surface area contributed by atoms with E-state index in [0.29, 0.717) is 55.6 Å². The van der Waals surface area contributed by atoms with E-state index in [1.165, 1.54) is 0 Å². The van der Waals surface area contributed by atoms with Crippen molar-refractivity contribution in [2.45, 2.75) is 151 Å². The molecule has 0 spiro atoms. The van der Waals surface area contributed by atoms with Gasteiger partial charge in [0.2, 0.25) is 23.7 Å². The van der Waals surface area contributed by atoms with Gasteiger partial charge in [-0.25, -0.2) is 19.2 Å². The Kier molecular flexibility index (Phi) is 16.8. The number of alkyl carbamates (subject to hydrolysis) is 2. The summed E-state index contributed by atoms with van der Waals surface area (Å²) in [5, 5.41) is 16.8. The van der Waals surface area contributed by atoms with E-state index in [0.717, 1.165) is 5.56 Å². The summed E-state index contributed by atoms with van der Waals surface area (Å²) in [5.41, 5.74) is -2.26. The Hall–Kier alpha value is -6.40. The highest BCUT2D eigenvalue weighted by Crippen LogP contribution is 2.57. The maximum atomic E-state index is 13.8. The fraction of sp³-hybridized carbons (Fsp3) is 0.574. The Labute approximate surface area is 387 Å². The van der Waals surface area contributed by atoms with Gasteiger partial charge in [-0.15, -0.1) is 9.98 Å². The third kappa shape index (κ3) is 17.5.